The highest BCUT2D eigenvalue weighted by Gasteiger charge is 1.85. The van der Waals surface area contributed by atoms with Crippen LogP contribution in [0.3, 0.4) is 0 Å². The SMILES string of the molecule is CN(C)CSNC=O. The zero-order valence-electron chi connectivity index (χ0n) is 5.05. The highest BCUT2D eigenvalue weighted by atomic mass is 32.2. The number of nitrogens with zero attached hydrogens (tertiary/aromatic N) is 1. The molecule has 0 fully saturated rings. The maximum absolute atomic E-state index is 9.64. The molecule has 0 aliphatic heterocycles. The molecule has 0 saturated carbocycles. The van der Waals surface area contributed by atoms with E-state index in [9.17, 15) is 4.79 Å². The van der Waals surface area contributed by atoms with E-state index in [4.69, 9.17) is 0 Å². The summed E-state index contributed by atoms with van der Waals surface area (Å²) in [5.74, 6) is 0.818. The van der Waals surface area contributed by atoms with Crippen LogP contribution in [0.2, 0.25) is 0 Å². The Hall–Kier alpha value is -0.220. The standard InChI is InChI=1S/C4H10N2OS/c1-6(2)4-8-5-3-7/h3H,4H2,1-2H3,(H,5,7). The molecule has 1 amide bonds. The van der Waals surface area contributed by atoms with Crippen molar-refractivity contribution in [2.45, 2.75) is 0 Å². The fourth-order valence-electron chi connectivity index (χ4n) is 0.200. The van der Waals surface area contributed by atoms with Crippen LogP contribution in [0.15, 0.2) is 0 Å². The molecule has 0 saturated heterocycles. The Kier molecular flexibility index (Phi) is 4.79. The number of nitrogens with one attached hydrogen (secondary N) is 1. The van der Waals surface area contributed by atoms with Crippen molar-refractivity contribution in [3.05, 3.63) is 0 Å². The summed E-state index contributed by atoms with van der Waals surface area (Å²) in [5, 5.41) is 0. The van der Waals surface area contributed by atoms with Gasteiger partial charge in [-0.3, -0.25) is 9.69 Å². The molecule has 0 rings (SSSR count). The van der Waals surface area contributed by atoms with E-state index < -0.39 is 0 Å². The third-order valence-electron chi connectivity index (χ3n) is 0.454. The van der Waals surface area contributed by atoms with Crippen LogP contribution in [0, 0.1) is 0 Å². The summed E-state index contributed by atoms with van der Waals surface area (Å²) < 4.78 is 2.47. The Morgan fingerprint density at radius 2 is 2.38 bits per heavy atom. The number of hydrogen-bond donors (Lipinski definition) is 1. The first kappa shape index (κ1) is 7.78. The predicted octanol–water partition coefficient (Wildman–Crippen LogP) is -0.100. The van der Waals surface area contributed by atoms with Gasteiger partial charge in [-0.05, 0) is 26.0 Å². The van der Waals surface area contributed by atoms with Gasteiger partial charge < -0.3 is 4.72 Å². The van der Waals surface area contributed by atoms with Crippen molar-refractivity contribution in [2.75, 3.05) is 20.0 Å². The predicted molar refractivity (Wildman–Crippen MR) is 35.3 cm³/mol. The van der Waals surface area contributed by atoms with Gasteiger partial charge in [0, 0.05) is 0 Å². The molecule has 0 unspecified atom stereocenters. The fraction of sp³-hybridized carbons (Fsp3) is 0.750. The second-order valence-electron chi connectivity index (χ2n) is 1.59. The molecule has 0 aliphatic rings. The second-order valence-corrected chi connectivity index (χ2v) is 2.37. The Morgan fingerprint density at radius 3 is 2.75 bits per heavy atom. The summed E-state index contributed by atoms with van der Waals surface area (Å²) in [7, 11) is 3.89. The van der Waals surface area contributed by atoms with Crippen molar-refractivity contribution in [2.24, 2.45) is 0 Å². The molecule has 0 aliphatic carbocycles. The van der Waals surface area contributed by atoms with Crippen LogP contribution in [0.4, 0.5) is 0 Å². The van der Waals surface area contributed by atoms with Crippen LogP contribution in [0.1, 0.15) is 0 Å². The van der Waals surface area contributed by atoms with Crippen molar-refractivity contribution < 1.29 is 4.79 Å². The summed E-state index contributed by atoms with van der Waals surface area (Å²) in [6, 6.07) is 0. The number of carbonyl (C=O) groups is 1. The lowest BCUT2D eigenvalue weighted by atomic mass is 11.0. The lowest BCUT2D eigenvalue weighted by Crippen LogP contribution is -2.13. The van der Waals surface area contributed by atoms with E-state index in [1.807, 2.05) is 19.0 Å². The molecular weight excluding hydrogens is 124 g/mol. The first-order valence-corrected chi connectivity index (χ1v) is 3.21. The third kappa shape index (κ3) is 5.78. The molecular formula is C4H10N2OS. The number of amides is 1. The van der Waals surface area contributed by atoms with E-state index >= 15 is 0 Å². The maximum atomic E-state index is 9.64. The fourth-order valence-corrected chi connectivity index (χ4v) is 0.601. The first-order chi connectivity index (χ1) is 3.77. The van der Waals surface area contributed by atoms with Crippen LogP contribution in [0.25, 0.3) is 0 Å². The average Bonchev–Trinajstić information content (AvgIpc) is 1.66. The van der Waals surface area contributed by atoms with Gasteiger partial charge in [0.1, 0.15) is 0 Å². The van der Waals surface area contributed by atoms with Gasteiger partial charge >= 0.3 is 0 Å². The molecule has 0 radical (unpaired) electrons. The number of carbonyl (C=O) groups excluding carboxylic acids is 1. The van der Waals surface area contributed by atoms with Crippen molar-refractivity contribution in [3.8, 4) is 0 Å². The van der Waals surface area contributed by atoms with Crippen molar-refractivity contribution in [1.29, 1.82) is 0 Å². The monoisotopic (exact) mass is 134 g/mol. The third-order valence-corrected chi connectivity index (χ3v) is 1.36. The Bertz CT molecular complexity index is 67.1. The van der Waals surface area contributed by atoms with Gasteiger partial charge in [0.2, 0.25) is 6.41 Å². The average molecular weight is 134 g/mol. The number of hydrogen-bond acceptors (Lipinski definition) is 3. The molecule has 0 aromatic carbocycles. The van der Waals surface area contributed by atoms with E-state index in [-0.39, 0.29) is 0 Å². The second kappa shape index (κ2) is 4.93. The Labute approximate surface area is 53.6 Å². The molecule has 1 N–H and O–H groups in total. The smallest absolute Gasteiger partial charge is 0.217 e. The van der Waals surface area contributed by atoms with Gasteiger partial charge in [-0.25, -0.2) is 0 Å². The van der Waals surface area contributed by atoms with Gasteiger partial charge in [-0.15, -0.1) is 0 Å². The highest BCUT2D eigenvalue weighted by Crippen LogP contribution is 1.90. The van der Waals surface area contributed by atoms with Crippen LogP contribution in [-0.4, -0.2) is 31.3 Å². The van der Waals surface area contributed by atoms with E-state index in [1.54, 1.807) is 0 Å². The van der Waals surface area contributed by atoms with Crippen molar-refractivity contribution in [3.63, 3.8) is 0 Å². The largest absolute Gasteiger partial charge is 0.302 e. The molecule has 48 valence electrons. The van der Waals surface area contributed by atoms with Gasteiger partial charge in [-0.1, -0.05) is 0 Å². The molecule has 8 heavy (non-hydrogen) atoms. The number of rotatable bonds is 4. The van der Waals surface area contributed by atoms with Crippen LogP contribution in [-0.2, 0) is 4.79 Å². The van der Waals surface area contributed by atoms with Crippen molar-refractivity contribution >= 4 is 18.4 Å². The van der Waals surface area contributed by atoms with E-state index in [0.29, 0.717) is 6.41 Å². The van der Waals surface area contributed by atoms with Gasteiger partial charge in [0.15, 0.2) is 0 Å². The minimum Gasteiger partial charge on any atom is -0.302 e. The molecule has 0 aromatic rings. The van der Waals surface area contributed by atoms with E-state index in [1.165, 1.54) is 11.9 Å². The van der Waals surface area contributed by atoms with Crippen LogP contribution < -0.4 is 4.72 Å². The first-order valence-electron chi connectivity index (χ1n) is 2.23. The van der Waals surface area contributed by atoms with Crippen molar-refractivity contribution in [1.82, 2.24) is 9.62 Å². The molecule has 3 nitrogen and oxygen atoms in total. The molecule has 0 spiro atoms. The topological polar surface area (TPSA) is 32.3 Å². The molecule has 0 aromatic heterocycles. The van der Waals surface area contributed by atoms with E-state index in [2.05, 4.69) is 4.72 Å². The quantitative estimate of drug-likeness (QED) is 0.252. The van der Waals surface area contributed by atoms with Gasteiger partial charge in [0.25, 0.3) is 0 Å². The zero-order valence-corrected chi connectivity index (χ0v) is 5.86. The summed E-state index contributed by atoms with van der Waals surface area (Å²) in [6.07, 6.45) is 0.675. The maximum Gasteiger partial charge on any atom is 0.217 e. The Balaban J connectivity index is 2.81. The summed E-state index contributed by atoms with van der Waals surface area (Å²) in [4.78, 5) is 11.6. The summed E-state index contributed by atoms with van der Waals surface area (Å²) >= 11 is 1.37. The summed E-state index contributed by atoms with van der Waals surface area (Å²) in [6.45, 7) is 0. The highest BCUT2D eigenvalue weighted by molar-refractivity contribution is 7.97. The molecule has 0 heterocycles. The van der Waals surface area contributed by atoms with Crippen LogP contribution in [0.5, 0.6) is 0 Å². The Morgan fingerprint density at radius 1 is 1.75 bits per heavy atom. The van der Waals surface area contributed by atoms with Crippen LogP contribution >= 0.6 is 11.9 Å². The minimum atomic E-state index is 0.675. The molecule has 0 atom stereocenters. The lowest BCUT2D eigenvalue weighted by Gasteiger charge is -2.05. The summed E-state index contributed by atoms with van der Waals surface area (Å²) in [5.41, 5.74) is 0. The molecule has 4 heteroatoms. The lowest BCUT2D eigenvalue weighted by molar-refractivity contribution is -0.107. The molecule has 0 bridgehead atoms. The van der Waals surface area contributed by atoms with Gasteiger partial charge in [0.05, 0.1) is 5.88 Å². The van der Waals surface area contributed by atoms with E-state index in [0.717, 1.165) is 5.88 Å². The minimum absolute atomic E-state index is 0.675. The normalized spacial score (nSPS) is 9.38. The van der Waals surface area contributed by atoms with Gasteiger partial charge in [-0.2, -0.15) is 0 Å². The zero-order chi connectivity index (χ0) is 6.41.